The highest BCUT2D eigenvalue weighted by molar-refractivity contribution is 9.11. The smallest absolute Gasteiger partial charge is 0.0708 e. The second kappa shape index (κ2) is 27.6. The quantitative estimate of drug-likeness (QED) is 0.0428. The molecule has 0 unspecified atom stereocenters. The van der Waals surface area contributed by atoms with Crippen LogP contribution in [0.3, 0.4) is 0 Å². The lowest BCUT2D eigenvalue weighted by Gasteiger charge is -2.04. The largest absolute Gasteiger partial charge is 0.133 e. The summed E-state index contributed by atoms with van der Waals surface area (Å²) in [5.74, 6) is 0. The van der Waals surface area contributed by atoms with Gasteiger partial charge in [-0.2, -0.15) is 0 Å². The molecule has 0 spiro atoms. The first-order chi connectivity index (χ1) is 25.6. The van der Waals surface area contributed by atoms with E-state index in [1.165, 1.54) is 229 Å². The third-order valence-corrected chi connectivity index (χ3v) is 16.8. The van der Waals surface area contributed by atoms with E-state index in [9.17, 15) is 0 Å². The van der Waals surface area contributed by atoms with Crippen LogP contribution in [0.2, 0.25) is 0 Å². The van der Waals surface area contributed by atoms with E-state index >= 15 is 0 Å². The Hall–Kier alpha value is 0.0200. The Balaban J connectivity index is 1.13. The van der Waals surface area contributed by atoms with Crippen LogP contribution in [-0.4, -0.2) is 0 Å². The second-order valence-corrected chi connectivity index (χ2v) is 22.5. The number of fused-ring (bicyclic) bond motifs is 1. The zero-order valence-electron chi connectivity index (χ0n) is 32.9. The number of hydrogen-bond donors (Lipinski definition) is 0. The van der Waals surface area contributed by atoms with Gasteiger partial charge >= 0.3 is 0 Å². The molecule has 4 aromatic heterocycles. The van der Waals surface area contributed by atoms with Crippen molar-refractivity contribution in [3.63, 3.8) is 0 Å². The highest BCUT2D eigenvalue weighted by Gasteiger charge is 2.18. The fraction of sp³-hybridized carbons (Fsp3) is 0.696. The SMILES string of the molecule is CCCCCCCCCCCCCCCCc1cc(Br)sc1-c1cc2sc(-c3sc(Br)cc3CCCCCCCCCCCCCCCC)cc2s1. The molecule has 0 N–H and O–H groups in total. The number of rotatable bonds is 32. The molecular formula is C46H70Br2S4. The lowest BCUT2D eigenvalue weighted by Crippen LogP contribution is -1.87. The van der Waals surface area contributed by atoms with E-state index < -0.39 is 0 Å². The molecule has 4 rings (SSSR count). The molecule has 0 amide bonds. The topological polar surface area (TPSA) is 0 Å². The van der Waals surface area contributed by atoms with Gasteiger partial charge in [0.05, 0.1) is 7.57 Å². The molecule has 0 aromatic carbocycles. The average molecular weight is 911 g/mol. The maximum absolute atomic E-state index is 3.83. The molecule has 0 radical (unpaired) electrons. The van der Waals surface area contributed by atoms with Crippen molar-refractivity contribution >= 4 is 86.6 Å². The number of hydrogen-bond acceptors (Lipinski definition) is 4. The van der Waals surface area contributed by atoms with Crippen LogP contribution in [0.25, 0.3) is 28.9 Å². The lowest BCUT2D eigenvalue weighted by atomic mass is 10.0. The number of aryl methyl sites for hydroxylation is 2. The van der Waals surface area contributed by atoms with Crippen molar-refractivity contribution in [1.82, 2.24) is 0 Å². The molecule has 0 aliphatic heterocycles. The van der Waals surface area contributed by atoms with Gasteiger partial charge in [0.25, 0.3) is 0 Å². The molecule has 4 heterocycles. The molecule has 4 aromatic rings. The fourth-order valence-corrected chi connectivity index (χ4v) is 13.7. The summed E-state index contributed by atoms with van der Waals surface area (Å²) in [4.78, 5) is 5.90. The summed E-state index contributed by atoms with van der Waals surface area (Å²) >= 11 is 15.5. The number of halogens is 2. The molecule has 6 heteroatoms. The van der Waals surface area contributed by atoms with Crippen LogP contribution in [0, 0.1) is 0 Å². The monoisotopic (exact) mass is 908 g/mol. The fourth-order valence-electron chi connectivity index (χ4n) is 7.66. The molecule has 0 atom stereocenters. The highest BCUT2D eigenvalue weighted by atomic mass is 79.9. The second-order valence-electron chi connectivity index (χ2n) is 15.5. The van der Waals surface area contributed by atoms with Crippen LogP contribution < -0.4 is 0 Å². The van der Waals surface area contributed by atoms with Gasteiger partial charge < -0.3 is 0 Å². The molecule has 0 aliphatic carbocycles. The van der Waals surface area contributed by atoms with Crippen molar-refractivity contribution in [2.45, 2.75) is 206 Å². The Morgan fingerprint density at radius 1 is 0.346 bits per heavy atom. The molecule has 0 bridgehead atoms. The lowest BCUT2D eigenvalue weighted by molar-refractivity contribution is 0.535. The molecule has 52 heavy (non-hydrogen) atoms. The van der Waals surface area contributed by atoms with Crippen LogP contribution in [-0.2, 0) is 12.8 Å². The van der Waals surface area contributed by atoms with Gasteiger partial charge in [-0.25, -0.2) is 0 Å². The van der Waals surface area contributed by atoms with Gasteiger partial charge in [0.2, 0.25) is 0 Å². The van der Waals surface area contributed by atoms with Gasteiger partial charge in [-0.1, -0.05) is 181 Å². The van der Waals surface area contributed by atoms with Crippen molar-refractivity contribution in [3.8, 4) is 19.5 Å². The van der Waals surface area contributed by atoms with E-state index in [1.807, 2.05) is 45.3 Å². The van der Waals surface area contributed by atoms with E-state index in [4.69, 9.17) is 0 Å². The van der Waals surface area contributed by atoms with Crippen molar-refractivity contribution < 1.29 is 0 Å². The summed E-state index contributed by atoms with van der Waals surface area (Å²) in [7, 11) is 0. The van der Waals surface area contributed by atoms with Crippen molar-refractivity contribution in [2.24, 2.45) is 0 Å². The third kappa shape index (κ3) is 17.0. The van der Waals surface area contributed by atoms with E-state index in [0.717, 1.165) is 0 Å². The van der Waals surface area contributed by atoms with Crippen LogP contribution in [0.15, 0.2) is 31.8 Å². The number of thiophene rings is 4. The van der Waals surface area contributed by atoms with Crippen LogP contribution in [0.5, 0.6) is 0 Å². The van der Waals surface area contributed by atoms with Gasteiger partial charge in [-0.05, 0) is 92.9 Å². The van der Waals surface area contributed by atoms with E-state index in [1.54, 1.807) is 11.1 Å². The Labute approximate surface area is 352 Å². The van der Waals surface area contributed by atoms with Gasteiger partial charge in [-0.15, -0.1) is 45.3 Å². The Bertz CT molecular complexity index is 1340. The summed E-state index contributed by atoms with van der Waals surface area (Å²) in [6, 6.07) is 9.76. The molecule has 292 valence electrons. The molecule has 0 aliphatic rings. The average Bonchev–Trinajstić information content (AvgIpc) is 3.91. The van der Waals surface area contributed by atoms with Gasteiger partial charge in [-0.3, -0.25) is 0 Å². The number of unbranched alkanes of at least 4 members (excludes halogenated alkanes) is 26. The summed E-state index contributed by atoms with van der Waals surface area (Å²) in [5, 5.41) is 0. The molecule has 0 fully saturated rings. The predicted molar refractivity (Wildman–Crippen MR) is 250 cm³/mol. The van der Waals surface area contributed by atoms with Crippen molar-refractivity contribution in [1.29, 1.82) is 0 Å². The summed E-state index contributed by atoms with van der Waals surface area (Å²) < 4.78 is 5.46. The first kappa shape index (κ1) is 44.7. The minimum Gasteiger partial charge on any atom is -0.133 e. The third-order valence-electron chi connectivity index (χ3n) is 10.8. The van der Waals surface area contributed by atoms with E-state index in [-0.39, 0.29) is 0 Å². The van der Waals surface area contributed by atoms with Gasteiger partial charge in [0.1, 0.15) is 0 Å². The first-order valence-electron chi connectivity index (χ1n) is 21.7. The molecule has 0 saturated carbocycles. The Morgan fingerprint density at radius 2 is 0.615 bits per heavy atom. The van der Waals surface area contributed by atoms with Crippen LogP contribution in [0.1, 0.15) is 205 Å². The van der Waals surface area contributed by atoms with E-state index in [2.05, 4.69) is 70.0 Å². The Morgan fingerprint density at radius 3 is 0.904 bits per heavy atom. The zero-order chi connectivity index (χ0) is 36.6. The van der Waals surface area contributed by atoms with Gasteiger partial charge in [0.15, 0.2) is 0 Å². The zero-order valence-corrected chi connectivity index (χ0v) is 39.3. The maximum atomic E-state index is 3.83. The molecule has 0 nitrogen and oxygen atoms in total. The minimum absolute atomic E-state index is 1.21. The normalized spacial score (nSPS) is 11.8. The van der Waals surface area contributed by atoms with Crippen LogP contribution in [0.4, 0.5) is 0 Å². The molecule has 0 saturated heterocycles. The predicted octanol–water partition coefficient (Wildman–Crippen LogP) is 20.0. The van der Waals surface area contributed by atoms with Crippen LogP contribution >= 0.6 is 77.2 Å². The summed E-state index contributed by atoms with van der Waals surface area (Å²) in [6.45, 7) is 4.61. The standard InChI is InChI=1S/C46H70Br2S4/c1-3-5-7-9-11-13-15-17-19-21-23-25-27-29-31-37-33-43(47)51-45(37)41-35-39-40(49-41)36-42(50-39)46-38(34-44(48)52-46)32-30-28-26-24-22-20-18-16-14-12-10-8-6-4-2/h33-36H,3-32H2,1-2H3. The summed E-state index contributed by atoms with van der Waals surface area (Å²) in [6.07, 6.45) is 42.2. The minimum atomic E-state index is 1.21. The summed E-state index contributed by atoms with van der Waals surface area (Å²) in [5.41, 5.74) is 3.09. The maximum Gasteiger partial charge on any atom is 0.0708 e. The first-order valence-corrected chi connectivity index (χ1v) is 26.5. The molecular weight excluding hydrogens is 841 g/mol. The van der Waals surface area contributed by atoms with E-state index in [0.29, 0.717) is 0 Å². The van der Waals surface area contributed by atoms with Gasteiger partial charge in [0, 0.05) is 28.9 Å². The highest BCUT2D eigenvalue weighted by Crippen LogP contribution is 2.48. The van der Waals surface area contributed by atoms with Crippen molar-refractivity contribution in [3.05, 3.63) is 43.0 Å². The Kier molecular flexibility index (Phi) is 23.7. The van der Waals surface area contributed by atoms with Crippen molar-refractivity contribution in [2.75, 3.05) is 0 Å².